The Labute approximate surface area is 146 Å². The lowest BCUT2D eigenvalue weighted by Gasteiger charge is -2.16. The van der Waals surface area contributed by atoms with Crippen LogP contribution in [0.5, 0.6) is 5.75 Å². The number of fused-ring (bicyclic) bond motifs is 1. The molecule has 1 aliphatic rings. The predicted octanol–water partition coefficient (Wildman–Crippen LogP) is 6.14. The van der Waals surface area contributed by atoms with E-state index >= 15 is 0 Å². The topological polar surface area (TPSA) is 9.23 Å². The first kappa shape index (κ1) is 16.8. The Hall–Kier alpha value is -2.00. The fourth-order valence-corrected chi connectivity index (χ4v) is 4.60. The monoisotopic (exact) mass is 340 g/mol. The highest BCUT2D eigenvalue weighted by Crippen LogP contribution is 2.44. The first-order valence-electron chi connectivity index (χ1n) is 8.22. The minimum absolute atomic E-state index is 0. The molecule has 0 amide bonds. The minimum Gasteiger partial charge on any atom is -0.488 e. The van der Waals surface area contributed by atoms with Crippen LogP contribution in [0.1, 0.15) is 29.2 Å². The first-order valence-corrected chi connectivity index (χ1v) is 9.27. The van der Waals surface area contributed by atoms with Gasteiger partial charge in [0.05, 0.1) is 0 Å². The Bertz CT molecular complexity index is 797. The summed E-state index contributed by atoms with van der Waals surface area (Å²) in [7, 11) is 0. The zero-order chi connectivity index (χ0) is 15.5. The second kappa shape index (κ2) is 7.71. The Kier molecular flexibility index (Phi) is 5.41. The Morgan fingerprint density at radius 3 is 2.38 bits per heavy atom. The summed E-state index contributed by atoms with van der Waals surface area (Å²) in [5, 5.41) is 3.22. The van der Waals surface area contributed by atoms with Gasteiger partial charge in [0.15, 0.2) is 0 Å². The number of rotatable bonds is 4. The molecular weight excluding hydrogens is 319 g/mol. The summed E-state index contributed by atoms with van der Waals surface area (Å²) in [6.45, 7) is 0.613. The maximum atomic E-state index is 6.12. The lowest BCUT2D eigenvalue weighted by molar-refractivity contribution is 0.310. The van der Waals surface area contributed by atoms with Gasteiger partial charge in [-0.1, -0.05) is 60.7 Å². The SMILES string of the molecule is F.c1ccc(COc2ccc(C3CCCS3)c3ccccc23)cc1. The summed E-state index contributed by atoms with van der Waals surface area (Å²) in [4.78, 5) is 0. The number of halogens is 1. The molecule has 0 aromatic heterocycles. The molecule has 0 N–H and O–H groups in total. The van der Waals surface area contributed by atoms with Crippen LogP contribution in [0.3, 0.4) is 0 Å². The molecule has 0 aliphatic carbocycles. The van der Waals surface area contributed by atoms with E-state index in [2.05, 4.69) is 72.4 Å². The van der Waals surface area contributed by atoms with Gasteiger partial charge < -0.3 is 4.74 Å². The van der Waals surface area contributed by atoms with Crippen molar-refractivity contribution in [3.05, 3.63) is 77.9 Å². The molecule has 124 valence electrons. The molecule has 0 saturated carbocycles. The number of ether oxygens (including phenoxy) is 1. The van der Waals surface area contributed by atoms with Crippen LogP contribution in [-0.4, -0.2) is 5.75 Å². The van der Waals surface area contributed by atoms with E-state index in [-0.39, 0.29) is 4.70 Å². The Morgan fingerprint density at radius 1 is 0.875 bits per heavy atom. The minimum atomic E-state index is 0. The number of hydrogen-bond donors (Lipinski definition) is 0. The van der Waals surface area contributed by atoms with Crippen molar-refractivity contribution in [3.63, 3.8) is 0 Å². The van der Waals surface area contributed by atoms with Gasteiger partial charge in [0.2, 0.25) is 0 Å². The molecule has 1 atom stereocenters. The molecule has 3 aromatic carbocycles. The normalized spacial score (nSPS) is 16.8. The largest absolute Gasteiger partial charge is 0.488 e. The molecule has 0 bridgehead atoms. The molecule has 1 saturated heterocycles. The van der Waals surface area contributed by atoms with Gasteiger partial charge in [-0.2, -0.15) is 11.8 Å². The summed E-state index contributed by atoms with van der Waals surface area (Å²) in [5.41, 5.74) is 2.67. The molecule has 3 heteroatoms. The van der Waals surface area contributed by atoms with Gasteiger partial charge in [0.25, 0.3) is 0 Å². The number of benzene rings is 3. The molecule has 4 rings (SSSR count). The summed E-state index contributed by atoms with van der Waals surface area (Å²) in [6.07, 6.45) is 2.62. The average molecular weight is 340 g/mol. The Balaban J connectivity index is 0.00000169. The average Bonchev–Trinajstić information content (AvgIpc) is 3.15. The molecule has 1 aliphatic heterocycles. The standard InChI is InChI=1S/C21H20OS.FH/c1-2-7-16(8-3-1)15-22-20-13-12-19(21-11-6-14-23-21)17-9-4-5-10-18(17)20;/h1-5,7-10,12-13,21H,6,11,14-15H2;1H. The van der Waals surface area contributed by atoms with E-state index in [1.165, 1.54) is 40.5 Å². The van der Waals surface area contributed by atoms with Crippen molar-refractivity contribution < 1.29 is 9.44 Å². The van der Waals surface area contributed by atoms with Crippen LogP contribution < -0.4 is 4.74 Å². The molecule has 24 heavy (non-hydrogen) atoms. The predicted molar refractivity (Wildman–Crippen MR) is 102 cm³/mol. The van der Waals surface area contributed by atoms with Crippen LogP contribution in [0.4, 0.5) is 4.70 Å². The molecule has 1 unspecified atom stereocenters. The maximum absolute atomic E-state index is 6.12. The first-order chi connectivity index (χ1) is 11.4. The summed E-state index contributed by atoms with van der Waals surface area (Å²) in [6, 6.07) is 23.4. The van der Waals surface area contributed by atoms with Crippen molar-refractivity contribution in [3.8, 4) is 5.75 Å². The van der Waals surface area contributed by atoms with Crippen LogP contribution in [0, 0.1) is 0 Å². The molecule has 0 spiro atoms. The fraction of sp³-hybridized carbons (Fsp3) is 0.238. The molecular formula is C21H21FOS. The van der Waals surface area contributed by atoms with Crippen molar-refractivity contribution in [1.29, 1.82) is 0 Å². The van der Waals surface area contributed by atoms with E-state index < -0.39 is 0 Å². The van der Waals surface area contributed by atoms with Crippen LogP contribution in [0.15, 0.2) is 66.7 Å². The third-order valence-electron chi connectivity index (χ3n) is 4.43. The zero-order valence-corrected chi connectivity index (χ0v) is 14.3. The van der Waals surface area contributed by atoms with Crippen molar-refractivity contribution in [1.82, 2.24) is 0 Å². The van der Waals surface area contributed by atoms with Gasteiger partial charge in [0.1, 0.15) is 12.4 Å². The molecule has 1 nitrogen and oxygen atoms in total. The third-order valence-corrected chi connectivity index (χ3v) is 5.85. The lowest BCUT2D eigenvalue weighted by atomic mass is 9.99. The number of thioether (sulfide) groups is 1. The van der Waals surface area contributed by atoms with E-state index in [1.54, 1.807) is 0 Å². The van der Waals surface area contributed by atoms with Crippen molar-refractivity contribution in [2.75, 3.05) is 5.75 Å². The van der Waals surface area contributed by atoms with E-state index in [1.807, 2.05) is 6.07 Å². The highest BCUT2D eigenvalue weighted by atomic mass is 32.2. The molecule has 1 heterocycles. The zero-order valence-electron chi connectivity index (χ0n) is 13.5. The molecule has 1 fully saturated rings. The second-order valence-electron chi connectivity index (χ2n) is 5.97. The van der Waals surface area contributed by atoms with Crippen molar-refractivity contribution >= 4 is 22.5 Å². The van der Waals surface area contributed by atoms with Gasteiger partial charge in [-0.25, -0.2) is 0 Å². The van der Waals surface area contributed by atoms with Gasteiger partial charge >= 0.3 is 0 Å². The Morgan fingerprint density at radius 2 is 1.62 bits per heavy atom. The smallest absolute Gasteiger partial charge is 0.127 e. The second-order valence-corrected chi connectivity index (χ2v) is 7.29. The summed E-state index contributed by atoms with van der Waals surface area (Å²) in [5.74, 6) is 2.27. The van der Waals surface area contributed by atoms with Gasteiger partial charge in [0, 0.05) is 10.6 Å². The molecule has 0 radical (unpaired) electrons. The highest BCUT2D eigenvalue weighted by Gasteiger charge is 2.20. The van der Waals surface area contributed by atoms with E-state index in [0.29, 0.717) is 11.9 Å². The van der Waals surface area contributed by atoms with Crippen LogP contribution >= 0.6 is 11.8 Å². The third kappa shape index (κ3) is 3.41. The van der Waals surface area contributed by atoms with E-state index in [0.717, 1.165) is 5.75 Å². The fourth-order valence-electron chi connectivity index (χ4n) is 3.26. The van der Waals surface area contributed by atoms with Crippen LogP contribution in [-0.2, 0) is 6.61 Å². The number of hydrogen-bond acceptors (Lipinski definition) is 2. The maximum Gasteiger partial charge on any atom is 0.127 e. The van der Waals surface area contributed by atoms with Crippen molar-refractivity contribution in [2.45, 2.75) is 24.7 Å². The van der Waals surface area contributed by atoms with E-state index in [9.17, 15) is 0 Å². The lowest BCUT2D eigenvalue weighted by Crippen LogP contribution is -1.97. The highest BCUT2D eigenvalue weighted by molar-refractivity contribution is 7.99. The van der Waals surface area contributed by atoms with Crippen molar-refractivity contribution in [2.24, 2.45) is 0 Å². The van der Waals surface area contributed by atoms with Crippen LogP contribution in [0.2, 0.25) is 0 Å². The van der Waals surface area contributed by atoms with Gasteiger partial charge in [-0.3, -0.25) is 4.70 Å². The molecule has 3 aromatic rings. The van der Waals surface area contributed by atoms with Crippen LogP contribution in [0.25, 0.3) is 10.8 Å². The summed E-state index contributed by atoms with van der Waals surface area (Å²) < 4.78 is 6.12. The van der Waals surface area contributed by atoms with Gasteiger partial charge in [-0.05, 0) is 41.2 Å². The van der Waals surface area contributed by atoms with Gasteiger partial charge in [-0.15, -0.1) is 0 Å². The van der Waals surface area contributed by atoms with E-state index in [4.69, 9.17) is 4.74 Å². The summed E-state index contributed by atoms with van der Waals surface area (Å²) >= 11 is 2.09. The quantitative estimate of drug-likeness (QED) is 0.564.